The van der Waals surface area contributed by atoms with Gasteiger partial charge in [0.1, 0.15) is 11.1 Å². The minimum atomic E-state index is -0.212. The number of para-hydroxylation sites is 1. The maximum Gasteiger partial charge on any atom is 0.164 e. The number of benzene rings is 5. The Kier molecular flexibility index (Phi) is 5.47. The average molecular weight is 581 g/mol. The number of nitrogens with zero attached hydrogens (tertiary/aromatic N) is 4. The van der Waals surface area contributed by atoms with Crippen molar-refractivity contribution in [3.8, 4) is 51.0 Å². The van der Waals surface area contributed by atoms with Crippen molar-refractivity contribution in [1.29, 1.82) is 0 Å². The van der Waals surface area contributed by atoms with Crippen LogP contribution in [0.5, 0.6) is 0 Å². The van der Waals surface area contributed by atoms with Crippen molar-refractivity contribution >= 4 is 22.1 Å². The molecule has 0 aliphatic heterocycles. The molecule has 0 bridgehead atoms. The summed E-state index contributed by atoms with van der Waals surface area (Å²) in [6.07, 6.45) is 0. The Hall–Kier alpha value is -5.81. The van der Waals surface area contributed by atoms with Crippen LogP contribution in [0.25, 0.3) is 73.0 Å². The Morgan fingerprint density at radius 2 is 1.09 bits per heavy atom. The molecule has 0 fully saturated rings. The largest absolute Gasteiger partial charge is 0.454 e. The number of hydrogen-bond donors (Lipinski definition) is 0. The summed E-state index contributed by atoms with van der Waals surface area (Å²) in [5.41, 5.74) is 11.6. The molecule has 0 radical (unpaired) electrons. The zero-order valence-electron chi connectivity index (χ0n) is 24.9. The molecule has 1 aliphatic carbocycles. The molecule has 3 aromatic heterocycles. The van der Waals surface area contributed by atoms with Gasteiger partial charge in [-0.1, -0.05) is 111 Å². The van der Waals surface area contributed by atoms with Gasteiger partial charge in [-0.2, -0.15) is 0 Å². The van der Waals surface area contributed by atoms with Gasteiger partial charge in [-0.3, -0.25) is 0 Å². The van der Waals surface area contributed by atoms with Crippen molar-refractivity contribution in [3.63, 3.8) is 0 Å². The minimum absolute atomic E-state index is 0.212. The second-order valence-corrected chi connectivity index (χ2v) is 12.1. The van der Waals surface area contributed by atoms with E-state index in [1.807, 2.05) is 66.7 Å². The normalized spacial score (nSPS) is 13.3. The summed E-state index contributed by atoms with van der Waals surface area (Å²) in [6, 6.07) is 45.7. The second-order valence-electron chi connectivity index (χ2n) is 12.1. The van der Waals surface area contributed by atoms with Crippen molar-refractivity contribution in [2.75, 3.05) is 0 Å². The molecule has 0 N–H and O–H groups in total. The van der Waals surface area contributed by atoms with E-state index in [-0.39, 0.29) is 5.41 Å². The van der Waals surface area contributed by atoms with E-state index < -0.39 is 0 Å². The highest BCUT2D eigenvalue weighted by molar-refractivity contribution is 6.12. The highest BCUT2D eigenvalue weighted by atomic mass is 16.3. The van der Waals surface area contributed by atoms with Gasteiger partial charge in [0.05, 0.1) is 0 Å². The van der Waals surface area contributed by atoms with Crippen LogP contribution in [0, 0.1) is 0 Å². The Balaban J connectivity index is 1.24. The van der Waals surface area contributed by atoms with Gasteiger partial charge in [0.25, 0.3) is 0 Å². The second kappa shape index (κ2) is 9.60. The standard InChI is InChI=1S/C40H28N4O/c1-40(2)31-19-11-9-17-29(31)33-35-34(30-18-10-12-20-32(30)45-35)44(36(33)40)28-23-21-27(22-24-28)39-42-37(25-13-5-3-6-14-25)41-38(43-39)26-15-7-4-8-16-26/h3-24H,1-2H3. The van der Waals surface area contributed by atoms with Gasteiger partial charge in [-0.25, -0.2) is 15.0 Å². The van der Waals surface area contributed by atoms with Crippen LogP contribution < -0.4 is 0 Å². The Labute approximate surface area is 260 Å². The zero-order valence-corrected chi connectivity index (χ0v) is 24.9. The molecule has 8 aromatic rings. The molecule has 214 valence electrons. The van der Waals surface area contributed by atoms with Crippen molar-refractivity contribution in [1.82, 2.24) is 19.5 Å². The van der Waals surface area contributed by atoms with Gasteiger partial charge >= 0.3 is 0 Å². The van der Waals surface area contributed by atoms with Crippen LogP contribution in [0.4, 0.5) is 0 Å². The van der Waals surface area contributed by atoms with Gasteiger partial charge in [-0.15, -0.1) is 0 Å². The van der Waals surface area contributed by atoms with Crippen LogP contribution in [0.3, 0.4) is 0 Å². The summed E-state index contributed by atoms with van der Waals surface area (Å²) in [6.45, 7) is 4.62. The predicted molar refractivity (Wildman–Crippen MR) is 180 cm³/mol. The maximum atomic E-state index is 6.60. The molecule has 5 nitrogen and oxygen atoms in total. The molecule has 0 atom stereocenters. The number of furan rings is 1. The molecule has 5 heteroatoms. The minimum Gasteiger partial charge on any atom is -0.454 e. The Bertz CT molecular complexity index is 2330. The van der Waals surface area contributed by atoms with Crippen LogP contribution in [-0.4, -0.2) is 19.5 Å². The van der Waals surface area contributed by atoms with Crippen molar-refractivity contribution in [3.05, 3.63) is 145 Å². The number of rotatable bonds is 4. The molecule has 0 amide bonds. The predicted octanol–water partition coefficient (Wildman–Crippen LogP) is 9.87. The number of hydrogen-bond acceptors (Lipinski definition) is 4. The number of aromatic nitrogens is 4. The van der Waals surface area contributed by atoms with Gasteiger partial charge < -0.3 is 8.98 Å². The quantitative estimate of drug-likeness (QED) is 0.208. The molecule has 3 heterocycles. The van der Waals surface area contributed by atoms with Gasteiger partial charge in [0.15, 0.2) is 23.1 Å². The van der Waals surface area contributed by atoms with E-state index >= 15 is 0 Å². The van der Waals surface area contributed by atoms with Crippen LogP contribution in [0.1, 0.15) is 25.1 Å². The van der Waals surface area contributed by atoms with Crippen LogP contribution in [-0.2, 0) is 5.41 Å². The maximum absolute atomic E-state index is 6.60. The van der Waals surface area contributed by atoms with E-state index in [1.54, 1.807) is 0 Å². The average Bonchev–Trinajstić information content (AvgIpc) is 3.71. The molecule has 0 spiro atoms. The molecule has 5 aromatic carbocycles. The highest BCUT2D eigenvalue weighted by Crippen LogP contribution is 2.55. The molecule has 0 saturated carbocycles. The molecule has 0 saturated heterocycles. The Morgan fingerprint density at radius 1 is 0.556 bits per heavy atom. The lowest BCUT2D eigenvalue weighted by Gasteiger charge is -2.24. The monoisotopic (exact) mass is 580 g/mol. The summed E-state index contributed by atoms with van der Waals surface area (Å²) in [7, 11) is 0. The van der Waals surface area contributed by atoms with E-state index in [0.717, 1.165) is 44.4 Å². The third-order valence-electron chi connectivity index (χ3n) is 9.03. The van der Waals surface area contributed by atoms with Crippen LogP contribution in [0.15, 0.2) is 138 Å². The van der Waals surface area contributed by atoms with E-state index in [0.29, 0.717) is 17.5 Å². The van der Waals surface area contributed by atoms with Crippen LogP contribution in [0.2, 0.25) is 0 Å². The fourth-order valence-electron chi connectivity index (χ4n) is 6.93. The summed E-state index contributed by atoms with van der Waals surface area (Å²) in [4.78, 5) is 14.7. The van der Waals surface area contributed by atoms with Gasteiger partial charge in [-0.05, 0) is 47.5 Å². The molecule has 1 aliphatic rings. The van der Waals surface area contributed by atoms with E-state index in [9.17, 15) is 0 Å². The third kappa shape index (κ3) is 3.84. The summed E-state index contributed by atoms with van der Waals surface area (Å²) < 4.78 is 9.00. The molecule has 9 rings (SSSR count). The molecular formula is C40H28N4O. The van der Waals surface area contributed by atoms with Gasteiger partial charge in [0, 0.05) is 44.4 Å². The van der Waals surface area contributed by atoms with E-state index in [4.69, 9.17) is 19.4 Å². The first kappa shape index (κ1) is 25.7. The summed E-state index contributed by atoms with van der Waals surface area (Å²) in [5.74, 6) is 1.94. The SMILES string of the molecule is CC1(C)c2ccccc2-c2c1n(-c1ccc(-c3nc(-c4ccccc4)nc(-c4ccccc4)n3)cc1)c1c2oc2ccccc21. The summed E-state index contributed by atoms with van der Waals surface area (Å²) in [5, 5.41) is 1.11. The first-order chi connectivity index (χ1) is 22.1. The van der Waals surface area contributed by atoms with Crippen molar-refractivity contribution < 1.29 is 4.42 Å². The fourth-order valence-corrected chi connectivity index (χ4v) is 6.93. The lowest BCUT2D eigenvalue weighted by molar-refractivity contribution is 0.624. The first-order valence-corrected chi connectivity index (χ1v) is 15.2. The fraction of sp³-hybridized carbons (Fsp3) is 0.0750. The zero-order chi connectivity index (χ0) is 30.1. The van der Waals surface area contributed by atoms with Gasteiger partial charge in [0.2, 0.25) is 0 Å². The first-order valence-electron chi connectivity index (χ1n) is 15.2. The van der Waals surface area contributed by atoms with Crippen LogP contribution >= 0.6 is 0 Å². The van der Waals surface area contributed by atoms with Crippen molar-refractivity contribution in [2.45, 2.75) is 19.3 Å². The molecule has 0 unspecified atom stereocenters. The third-order valence-corrected chi connectivity index (χ3v) is 9.03. The summed E-state index contributed by atoms with van der Waals surface area (Å²) >= 11 is 0. The Morgan fingerprint density at radius 3 is 1.73 bits per heavy atom. The lowest BCUT2D eigenvalue weighted by atomic mass is 9.85. The molecule has 45 heavy (non-hydrogen) atoms. The smallest absolute Gasteiger partial charge is 0.164 e. The lowest BCUT2D eigenvalue weighted by Crippen LogP contribution is -2.19. The topological polar surface area (TPSA) is 56.7 Å². The van der Waals surface area contributed by atoms with E-state index in [2.05, 4.69) is 85.1 Å². The highest BCUT2D eigenvalue weighted by Gasteiger charge is 2.42. The van der Waals surface area contributed by atoms with E-state index in [1.165, 1.54) is 22.4 Å². The number of fused-ring (bicyclic) bond motifs is 7. The molecular weight excluding hydrogens is 552 g/mol. The van der Waals surface area contributed by atoms with Crippen molar-refractivity contribution in [2.24, 2.45) is 0 Å².